The molecule has 34 heavy (non-hydrogen) atoms. The third-order valence-electron chi connectivity index (χ3n) is 5.38. The van der Waals surface area contributed by atoms with Crippen molar-refractivity contribution in [3.05, 3.63) is 34.9 Å². The van der Waals surface area contributed by atoms with Crippen LogP contribution in [0.5, 0.6) is 0 Å². The zero-order chi connectivity index (χ0) is 26.6. The van der Waals surface area contributed by atoms with E-state index in [2.05, 4.69) is 10.6 Å². The second-order valence-electron chi connectivity index (χ2n) is 11.6. The number of ether oxygens (including phenoxy) is 1. The largest absolute Gasteiger partial charge is 0.444 e. The first-order chi connectivity index (χ1) is 15.4. The standard InChI is InChI=1S/C27H45N3O4/c1-16(2)21(28-25(33)34-27(10,11)12)24(32)30(17(3)4)22(23(31)29-26(7,8)9)20-15-13-14-18(5)19(20)6/h13-17,21-22H,1-12H3,(H,28,33)(H,29,31). The van der Waals surface area contributed by atoms with Crippen molar-refractivity contribution in [1.29, 1.82) is 0 Å². The quantitative estimate of drug-likeness (QED) is 0.578. The van der Waals surface area contributed by atoms with Crippen LogP contribution in [0.3, 0.4) is 0 Å². The summed E-state index contributed by atoms with van der Waals surface area (Å²) in [5.41, 5.74) is 1.58. The molecule has 0 saturated carbocycles. The number of carbonyl (C=O) groups excluding carboxylic acids is 3. The van der Waals surface area contributed by atoms with Crippen LogP contribution in [-0.2, 0) is 14.3 Å². The van der Waals surface area contributed by atoms with E-state index in [1.54, 1.807) is 25.7 Å². The molecule has 1 aromatic carbocycles. The Kier molecular flexibility index (Phi) is 9.74. The summed E-state index contributed by atoms with van der Waals surface area (Å²) in [6, 6.07) is 3.77. The van der Waals surface area contributed by atoms with Gasteiger partial charge < -0.3 is 20.3 Å². The van der Waals surface area contributed by atoms with E-state index in [1.807, 2.05) is 80.5 Å². The predicted molar refractivity (Wildman–Crippen MR) is 137 cm³/mol. The topological polar surface area (TPSA) is 87.7 Å². The number of amides is 3. The Labute approximate surface area is 206 Å². The highest BCUT2D eigenvalue weighted by Crippen LogP contribution is 2.30. The molecule has 0 fully saturated rings. The monoisotopic (exact) mass is 475 g/mol. The van der Waals surface area contributed by atoms with Crippen molar-refractivity contribution in [2.75, 3.05) is 0 Å². The number of nitrogens with one attached hydrogen (secondary N) is 2. The number of carbonyl (C=O) groups is 3. The average molecular weight is 476 g/mol. The lowest BCUT2D eigenvalue weighted by molar-refractivity contribution is -0.146. The summed E-state index contributed by atoms with van der Waals surface area (Å²) in [4.78, 5) is 41.8. The number of aryl methyl sites for hydroxylation is 1. The summed E-state index contributed by atoms with van der Waals surface area (Å²) in [6.07, 6.45) is -0.661. The lowest BCUT2D eigenvalue weighted by atomic mass is 9.92. The summed E-state index contributed by atoms with van der Waals surface area (Å²) in [5, 5.41) is 5.79. The molecule has 0 aliphatic heterocycles. The van der Waals surface area contributed by atoms with Crippen molar-refractivity contribution in [2.45, 2.75) is 112 Å². The Hall–Kier alpha value is -2.57. The van der Waals surface area contributed by atoms with Gasteiger partial charge in [0.15, 0.2) is 0 Å². The molecule has 7 nitrogen and oxygen atoms in total. The number of hydrogen-bond donors (Lipinski definition) is 2. The second-order valence-corrected chi connectivity index (χ2v) is 11.6. The van der Waals surface area contributed by atoms with Crippen molar-refractivity contribution in [2.24, 2.45) is 5.92 Å². The zero-order valence-electron chi connectivity index (χ0n) is 23.1. The Morgan fingerprint density at radius 3 is 1.94 bits per heavy atom. The number of hydrogen-bond acceptors (Lipinski definition) is 4. The molecule has 0 saturated heterocycles. The summed E-state index contributed by atoms with van der Waals surface area (Å²) < 4.78 is 5.40. The maximum atomic E-state index is 14.0. The van der Waals surface area contributed by atoms with Crippen molar-refractivity contribution in [3.63, 3.8) is 0 Å². The normalized spacial score (nSPS) is 13.9. The highest BCUT2D eigenvalue weighted by atomic mass is 16.6. The Morgan fingerprint density at radius 2 is 1.50 bits per heavy atom. The highest BCUT2D eigenvalue weighted by molar-refractivity contribution is 5.93. The SMILES string of the molecule is Cc1cccc(C(C(=O)NC(C)(C)C)N(C(=O)C(NC(=O)OC(C)(C)C)C(C)C)C(C)C)c1C. The van der Waals surface area contributed by atoms with Gasteiger partial charge in [-0.3, -0.25) is 9.59 Å². The van der Waals surface area contributed by atoms with Crippen LogP contribution >= 0.6 is 0 Å². The van der Waals surface area contributed by atoms with E-state index in [9.17, 15) is 14.4 Å². The highest BCUT2D eigenvalue weighted by Gasteiger charge is 2.40. The van der Waals surface area contributed by atoms with Gasteiger partial charge in [-0.25, -0.2) is 4.79 Å². The molecule has 0 heterocycles. The van der Waals surface area contributed by atoms with E-state index in [0.717, 1.165) is 16.7 Å². The van der Waals surface area contributed by atoms with Crippen LogP contribution in [0.25, 0.3) is 0 Å². The van der Waals surface area contributed by atoms with Crippen molar-refractivity contribution in [3.8, 4) is 0 Å². The minimum absolute atomic E-state index is 0.216. The smallest absolute Gasteiger partial charge is 0.408 e. The molecule has 1 rings (SSSR count). The molecule has 0 aliphatic rings. The van der Waals surface area contributed by atoms with Gasteiger partial charge in [-0.2, -0.15) is 0 Å². The van der Waals surface area contributed by atoms with Crippen LogP contribution < -0.4 is 10.6 Å². The van der Waals surface area contributed by atoms with E-state index in [1.165, 1.54) is 0 Å². The molecule has 192 valence electrons. The Bertz CT molecular complexity index is 879. The van der Waals surface area contributed by atoms with E-state index in [-0.39, 0.29) is 23.8 Å². The van der Waals surface area contributed by atoms with Crippen LogP contribution in [0.4, 0.5) is 4.79 Å². The van der Waals surface area contributed by atoms with Gasteiger partial charge in [-0.1, -0.05) is 32.0 Å². The van der Waals surface area contributed by atoms with Gasteiger partial charge in [0, 0.05) is 11.6 Å². The number of benzene rings is 1. The minimum atomic E-state index is -0.854. The molecular formula is C27H45N3O4. The predicted octanol–water partition coefficient (Wildman–Crippen LogP) is 5.05. The molecule has 2 unspecified atom stereocenters. The summed E-state index contributed by atoms with van der Waals surface area (Å²) in [6.45, 7) is 22.5. The van der Waals surface area contributed by atoms with Crippen LogP contribution in [0.15, 0.2) is 18.2 Å². The number of nitrogens with zero attached hydrogens (tertiary/aromatic N) is 1. The average Bonchev–Trinajstić information content (AvgIpc) is 2.62. The van der Waals surface area contributed by atoms with Crippen LogP contribution in [-0.4, -0.2) is 46.0 Å². The first-order valence-corrected chi connectivity index (χ1v) is 12.1. The van der Waals surface area contributed by atoms with Crippen LogP contribution in [0.2, 0.25) is 0 Å². The summed E-state index contributed by atoms with van der Waals surface area (Å²) >= 11 is 0. The molecule has 1 aromatic rings. The summed E-state index contributed by atoms with van der Waals surface area (Å²) in [7, 11) is 0. The third-order valence-corrected chi connectivity index (χ3v) is 5.38. The fourth-order valence-electron chi connectivity index (χ4n) is 3.71. The molecule has 0 spiro atoms. The van der Waals surface area contributed by atoms with Gasteiger partial charge in [0.05, 0.1) is 0 Å². The van der Waals surface area contributed by atoms with Crippen molar-refractivity contribution < 1.29 is 19.1 Å². The fourth-order valence-corrected chi connectivity index (χ4v) is 3.71. The molecule has 2 atom stereocenters. The number of alkyl carbamates (subject to hydrolysis) is 1. The number of rotatable bonds is 7. The van der Waals surface area contributed by atoms with Gasteiger partial charge >= 0.3 is 6.09 Å². The first-order valence-electron chi connectivity index (χ1n) is 12.1. The second kappa shape index (κ2) is 11.2. The molecule has 3 amide bonds. The zero-order valence-corrected chi connectivity index (χ0v) is 23.1. The summed E-state index contributed by atoms with van der Waals surface area (Å²) in [5.74, 6) is -0.806. The fraction of sp³-hybridized carbons (Fsp3) is 0.667. The maximum Gasteiger partial charge on any atom is 0.408 e. The van der Waals surface area contributed by atoms with Crippen LogP contribution in [0.1, 0.15) is 92.0 Å². The van der Waals surface area contributed by atoms with E-state index >= 15 is 0 Å². The maximum absolute atomic E-state index is 14.0. The molecule has 7 heteroatoms. The third kappa shape index (κ3) is 8.33. The lowest BCUT2D eigenvalue weighted by Gasteiger charge is -2.39. The molecule has 2 N–H and O–H groups in total. The van der Waals surface area contributed by atoms with Gasteiger partial charge in [0.2, 0.25) is 11.8 Å². The van der Waals surface area contributed by atoms with Gasteiger partial charge in [0.1, 0.15) is 17.7 Å². The molecule has 0 bridgehead atoms. The first kappa shape index (κ1) is 29.5. The van der Waals surface area contributed by atoms with Crippen molar-refractivity contribution in [1.82, 2.24) is 15.5 Å². The van der Waals surface area contributed by atoms with E-state index in [4.69, 9.17) is 4.74 Å². The molecule has 0 aliphatic carbocycles. The van der Waals surface area contributed by atoms with Gasteiger partial charge in [-0.05, 0) is 91.8 Å². The van der Waals surface area contributed by atoms with Crippen LogP contribution in [0, 0.1) is 19.8 Å². The van der Waals surface area contributed by atoms with Crippen molar-refractivity contribution >= 4 is 17.9 Å². The molecule has 0 radical (unpaired) electrons. The molecule has 0 aromatic heterocycles. The van der Waals surface area contributed by atoms with E-state index < -0.39 is 29.3 Å². The molecular weight excluding hydrogens is 430 g/mol. The lowest BCUT2D eigenvalue weighted by Crippen LogP contribution is -2.57. The Balaban J connectivity index is 3.57. The minimum Gasteiger partial charge on any atom is -0.444 e. The van der Waals surface area contributed by atoms with Gasteiger partial charge in [0.25, 0.3) is 0 Å². The van der Waals surface area contributed by atoms with E-state index in [0.29, 0.717) is 0 Å². The Morgan fingerprint density at radius 1 is 0.941 bits per heavy atom. The van der Waals surface area contributed by atoms with Gasteiger partial charge in [-0.15, -0.1) is 0 Å².